The number of amides is 1. The highest BCUT2D eigenvalue weighted by atomic mass is 16.1. The van der Waals surface area contributed by atoms with Crippen molar-refractivity contribution in [2.24, 2.45) is 0 Å². The number of rotatable bonds is 5. The maximum Gasteiger partial charge on any atom is 0.229 e. The molecule has 0 fully saturated rings. The average molecular weight is 257 g/mol. The van der Waals surface area contributed by atoms with Crippen molar-refractivity contribution in [3.63, 3.8) is 0 Å². The van der Waals surface area contributed by atoms with Crippen molar-refractivity contribution in [2.45, 2.75) is 33.1 Å². The standard InChI is InChI=1S/C15H19N3O/c1-3-4-13-10-14(18-17-13)16-15(19)9-12-7-5-11(2)6-8-12/h5-8,10H,3-4,9H2,1-2H3,(H2,16,17,18,19). The number of aryl methyl sites for hydroxylation is 2. The Morgan fingerprint density at radius 1 is 1.32 bits per heavy atom. The van der Waals surface area contributed by atoms with Gasteiger partial charge in [-0.25, -0.2) is 0 Å². The first-order chi connectivity index (χ1) is 9.17. The summed E-state index contributed by atoms with van der Waals surface area (Å²) in [6, 6.07) is 9.85. The molecule has 0 spiro atoms. The molecule has 1 aromatic heterocycles. The summed E-state index contributed by atoms with van der Waals surface area (Å²) in [6.45, 7) is 4.14. The minimum Gasteiger partial charge on any atom is -0.309 e. The SMILES string of the molecule is CCCc1cc(NC(=O)Cc2ccc(C)cc2)n[nH]1. The normalized spacial score (nSPS) is 10.4. The molecule has 2 rings (SSSR count). The van der Waals surface area contributed by atoms with Crippen molar-refractivity contribution in [1.29, 1.82) is 0 Å². The quantitative estimate of drug-likeness (QED) is 0.865. The molecular formula is C15H19N3O. The van der Waals surface area contributed by atoms with Crippen LogP contribution < -0.4 is 5.32 Å². The fourth-order valence-electron chi connectivity index (χ4n) is 1.90. The van der Waals surface area contributed by atoms with Gasteiger partial charge in [-0.05, 0) is 18.9 Å². The van der Waals surface area contributed by atoms with Gasteiger partial charge < -0.3 is 5.32 Å². The Bertz CT molecular complexity index is 543. The van der Waals surface area contributed by atoms with Gasteiger partial charge in [0.05, 0.1) is 6.42 Å². The van der Waals surface area contributed by atoms with Crippen molar-refractivity contribution in [3.05, 3.63) is 47.2 Å². The van der Waals surface area contributed by atoms with E-state index in [0.717, 1.165) is 24.1 Å². The molecule has 2 aromatic rings. The zero-order chi connectivity index (χ0) is 13.7. The van der Waals surface area contributed by atoms with Crippen molar-refractivity contribution >= 4 is 11.7 Å². The fraction of sp³-hybridized carbons (Fsp3) is 0.333. The molecule has 1 heterocycles. The Kier molecular flexibility index (Phi) is 4.34. The third-order valence-electron chi connectivity index (χ3n) is 2.90. The van der Waals surface area contributed by atoms with Crippen LogP contribution in [0.1, 0.15) is 30.2 Å². The topological polar surface area (TPSA) is 57.8 Å². The van der Waals surface area contributed by atoms with Crippen LogP contribution in [0.5, 0.6) is 0 Å². The summed E-state index contributed by atoms with van der Waals surface area (Å²) >= 11 is 0. The number of carbonyl (C=O) groups is 1. The molecule has 100 valence electrons. The van der Waals surface area contributed by atoms with Gasteiger partial charge in [0, 0.05) is 11.8 Å². The Labute approximate surface area is 113 Å². The first-order valence-electron chi connectivity index (χ1n) is 6.57. The van der Waals surface area contributed by atoms with Gasteiger partial charge in [0.25, 0.3) is 0 Å². The van der Waals surface area contributed by atoms with Crippen LogP contribution in [0.3, 0.4) is 0 Å². The van der Waals surface area contributed by atoms with Gasteiger partial charge in [-0.3, -0.25) is 9.89 Å². The molecule has 1 aromatic carbocycles. The number of anilines is 1. The summed E-state index contributed by atoms with van der Waals surface area (Å²) < 4.78 is 0. The first-order valence-corrected chi connectivity index (χ1v) is 6.57. The maximum atomic E-state index is 11.9. The molecule has 4 nitrogen and oxygen atoms in total. The number of H-pyrrole nitrogens is 1. The van der Waals surface area contributed by atoms with Crippen LogP contribution in [0.2, 0.25) is 0 Å². The number of aromatic nitrogens is 2. The number of carbonyl (C=O) groups excluding carboxylic acids is 1. The van der Waals surface area contributed by atoms with Crippen LogP contribution in [-0.2, 0) is 17.6 Å². The van der Waals surface area contributed by atoms with E-state index in [1.165, 1.54) is 5.56 Å². The number of benzene rings is 1. The lowest BCUT2D eigenvalue weighted by molar-refractivity contribution is -0.115. The van der Waals surface area contributed by atoms with Gasteiger partial charge in [0.2, 0.25) is 5.91 Å². The van der Waals surface area contributed by atoms with Gasteiger partial charge in [-0.2, -0.15) is 5.10 Å². The molecule has 0 saturated carbocycles. The number of nitrogens with zero attached hydrogens (tertiary/aromatic N) is 1. The second-order valence-corrected chi connectivity index (χ2v) is 4.74. The third kappa shape index (κ3) is 3.95. The predicted octanol–water partition coefficient (Wildman–Crippen LogP) is 2.85. The van der Waals surface area contributed by atoms with Crippen LogP contribution in [0.25, 0.3) is 0 Å². The van der Waals surface area contributed by atoms with Gasteiger partial charge in [-0.1, -0.05) is 43.2 Å². The Morgan fingerprint density at radius 2 is 2.05 bits per heavy atom. The van der Waals surface area contributed by atoms with E-state index in [4.69, 9.17) is 0 Å². The van der Waals surface area contributed by atoms with E-state index in [-0.39, 0.29) is 5.91 Å². The zero-order valence-corrected chi connectivity index (χ0v) is 11.4. The van der Waals surface area contributed by atoms with Crippen LogP contribution in [0, 0.1) is 6.92 Å². The molecule has 0 atom stereocenters. The molecule has 0 aliphatic carbocycles. The van der Waals surface area contributed by atoms with E-state index >= 15 is 0 Å². The summed E-state index contributed by atoms with van der Waals surface area (Å²) in [7, 11) is 0. The molecule has 0 unspecified atom stereocenters. The highest BCUT2D eigenvalue weighted by Gasteiger charge is 2.06. The second-order valence-electron chi connectivity index (χ2n) is 4.74. The molecule has 0 bridgehead atoms. The molecular weight excluding hydrogens is 238 g/mol. The van der Waals surface area contributed by atoms with Gasteiger partial charge in [-0.15, -0.1) is 0 Å². The number of hydrogen-bond acceptors (Lipinski definition) is 2. The molecule has 0 aliphatic heterocycles. The summed E-state index contributed by atoms with van der Waals surface area (Å²) in [5.74, 6) is 0.555. The molecule has 1 amide bonds. The Morgan fingerprint density at radius 3 is 2.74 bits per heavy atom. The van der Waals surface area contributed by atoms with Crippen LogP contribution >= 0.6 is 0 Å². The number of nitrogens with one attached hydrogen (secondary N) is 2. The van der Waals surface area contributed by atoms with Crippen LogP contribution in [0.4, 0.5) is 5.82 Å². The van der Waals surface area contributed by atoms with E-state index in [2.05, 4.69) is 22.4 Å². The third-order valence-corrected chi connectivity index (χ3v) is 2.90. The summed E-state index contributed by atoms with van der Waals surface area (Å²) in [5.41, 5.74) is 3.25. The van der Waals surface area contributed by atoms with E-state index in [1.54, 1.807) is 0 Å². The van der Waals surface area contributed by atoms with Crippen molar-refractivity contribution in [1.82, 2.24) is 10.2 Å². The summed E-state index contributed by atoms with van der Waals surface area (Å²) in [4.78, 5) is 11.9. The largest absolute Gasteiger partial charge is 0.309 e. The van der Waals surface area contributed by atoms with Crippen molar-refractivity contribution < 1.29 is 4.79 Å². The molecule has 0 aliphatic rings. The Balaban J connectivity index is 1.91. The van der Waals surface area contributed by atoms with Gasteiger partial charge in [0.15, 0.2) is 5.82 Å². The number of hydrogen-bond donors (Lipinski definition) is 2. The predicted molar refractivity (Wildman–Crippen MR) is 76.1 cm³/mol. The average Bonchev–Trinajstić information content (AvgIpc) is 2.80. The molecule has 19 heavy (non-hydrogen) atoms. The minimum absolute atomic E-state index is 0.0431. The Hall–Kier alpha value is -2.10. The van der Waals surface area contributed by atoms with Crippen LogP contribution in [0.15, 0.2) is 30.3 Å². The maximum absolute atomic E-state index is 11.9. The smallest absolute Gasteiger partial charge is 0.229 e. The van der Waals surface area contributed by atoms with E-state index in [0.29, 0.717) is 12.2 Å². The summed E-state index contributed by atoms with van der Waals surface area (Å²) in [5, 5.41) is 9.79. The lowest BCUT2D eigenvalue weighted by atomic mass is 10.1. The molecule has 2 N–H and O–H groups in total. The lowest BCUT2D eigenvalue weighted by Crippen LogP contribution is -2.14. The van der Waals surface area contributed by atoms with Crippen molar-refractivity contribution in [2.75, 3.05) is 5.32 Å². The molecule has 4 heteroatoms. The van der Waals surface area contributed by atoms with Crippen LogP contribution in [-0.4, -0.2) is 16.1 Å². The van der Waals surface area contributed by atoms with Gasteiger partial charge in [0.1, 0.15) is 0 Å². The fourth-order valence-corrected chi connectivity index (χ4v) is 1.90. The van der Waals surface area contributed by atoms with Crippen molar-refractivity contribution in [3.8, 4) is 0 Å². The zero-order valence-electron chi connectivity index (χ0n) is 11.4. The monoisotopic (exact) mass is 257 g/mol. The van der Waals surface area contributed by atoms with E-state index in [1.807, 2.05) is 37.3 Å². The minimum atomic E-state index is -0.0431. The molecule has 0 radical (unpaired) electrons. The number of aromatic amines is 1. The van der Waals surface area contributed by atoms with E-state index in [9.17, 15) is 4.79 Å². The lowest BCUT2D eigenvalue weighted by Gasteiger charge is -2.02. The van der Waals surface area contributed by atoms with Gasteiger partial charge >= 0.3 is 0 Å². The highest BCUT2D eigenvalue weighted by molar-refractivity contribution is 5.91. The highest BCUT2D eigenvalue weighted by Crippen LogP contribution is 2.09. The van der Waals surface area contributed by atoms with E-state index < -0.39 is 0 Å². The second kappa shape index (κ2) is 6.18. The first kappa shape index (κ1) is 13.3. The summed E-state index contributed by atoms with van der Waals surface area (Å²) in [6.07, 6.45) is 2.37. The molecule has 0 saturated heterocycles.